The van der Waals surface area contributed by atoms with E-state index in [4.69, 9.17) is 16.5 Å². The summed E-state index contributed by atoms with van der Waals surface area (Å²) in [5.41, 5.74) is 15.3. The van der Waals surface area contributed by atoms with Gasteiger partial charge in [-0.05, 0) is 37.1 Å². The SMILES string of the molecule is C=C/C=N\c1c(C(N)=O)c(N)nn1C.CCc1nc2cccc(C#Cc3ncsc3C)c2c(=O)n1-c1ccccc1. The first-order chi connectivity index (χ1) is 19.8. The summed E-state index contributed by atoms with van der Waals surface area (Å²) < 4.78 is 3.07. The molecule has 0 saturated heterocycles. The van der Waals surface area contributed by atoms with Crippen LogP contribution in [0.2, 0.25) is 0 Å². The molecule has 0 fully saturated rings. The van der Waals surface area contributed by atoms with Gasteiger partial charge in [-0.25, -0.2) is 19.6 Å². The molecule has 5 rings (SSSR count). The number of nitrogen functional groups attached to an aromatic ring is 1. The maximum Gasteiger partial charge on any atom is 0.267 e. The van der Waals surface area contributed by atoms with Crippen LogP contribution < -0.4 is 17.0 Å². The number of hydrogen-bond acceptors (Lipinski definition) is 8. The van der Waals surface area contributed by atoms with Crippen LogP contribution in [0.1, 0.15) is 39.2 Å². The molecule has 2 aromatic carbocycles. The van der Waals surface area contributed by atoms with Crippen molar-refractivity contribution in [2.75, 3.05) is 5.73 Å². The fourth-order valence-electron chi connectivity index (χ4n) is 4.06. The average Bonchev–Trinajstić information content (AvgIpc) is 3.51. The second-order valence-electron chi connectivity index (χ2n) is 8.65. The van der Waals surface area contributed by atoms with Crippen molar-refractivity contribution in [3.63, 3.8) is 0 Å². The second kappa shape index (κ2) is 12.7. The van der Waals surface area contributed by atoms with Gasteiger partial charge in [-0.1, -0.05) is 49.8 Å². The lowest BCUT2D eigenvalue weighted by Gasteiger charge is -2.13. The van der Waals surface area contributed by atoms with Crippen molar-refractivity contribution in [1.29, 1.82) is 0 Å². The maximum atomic E-state index is 13.4. The molecule has 0 atom stereocenters. The zero-order chi connectivity index (χ0) is 29.5. The molecule has 10 nitrogen and oxygen atoms in total. The lowest BCUT2D eigenvalue weighted by Crippen LogP contribution is -2.24. The third-order valence-corrected chi connectivity index (χ3v) is 6.71. The predicted octanol–water partition coefficient (Wildman–Crippen LogP) is 4.10. The smallest absolute Gasteiger partial charge is 0.267 e. The Morgan fingerprint density at radius 3 is 2.56 bits per heavy atom. The van der Waals surface area contributed by atoms with Gasteiger partial charge < -0.3 is 11.5 Å². The Morgan fingerprint density at radius 1 is 1.17 bits per heavy atom. The van der Waals surface area contributed by atoms with Crippen molar-refractivity contribution in [2.24, 2.45) is 17.8 Å². The van der Waals surface area contributed by atoms with Crippen molar-refractivity contribution in [3.05, 3.63) is 105 Å². The summed E-state index contributed by atoms with van der Waals surface area (Å²) in [7, 11) is 1.62. The molecule has 11 heteroatoms. The molecule has 0 aliphatic rings. The van der Waals surface area contributed by atoms with Crippen LogP contribution in [0.15, 0.2) is 76.5 Å². The van der Waals surface area contributed by atoms with Gasteiger partial charge in [-0.2, -0.15) is 5.10 Å². The van der Waals surface area contributed by atoms with E-state index < -0.39 is 5.91 Å². The molecule has 4 N–H and O–H groups in total. The highest BCUT2D eigenvalue weighted by molar-refractivity contribution is 7.09. The largest absolute Gasteiger partial charge is 0.381 e. The lowest BCUT2D eigenvalue weighted by atomic mass is 10.1. The van der Waals surface area contributed by atoms with Crippen LogP contribution in [-0.4, -0.2) is 36.4 Å². The quantitative estimate of drug-likeness (QED) is 0.243. The van der Waals surface area contributed by atoms with Gasteiger partial charge in [0, 0.05) is 30.1 Å². The van der Waals surface area contributed by atoms with Gasteiger partial charge in [0.1, 0.15) is 17.1 Å². The minimum Gasteiger partial charge on any atom is -0.381 e. The highest BCUT2D eigenvalue weighted by Crippen LogP contribution is 2.23. The maximum absolute atomic E-state index is 13.4. The van der Waals surface area contributed by atoms with Gasteiger partial charge in [0.2, 0.25) is 0 Å². The van der Waals surface area contributed by atoms with E-state index in [2.05, 4.69) is 33.5 Å². The Kier molecular flexibility index (Phi) is 8.86. The summed E-state index contributed by atoms with van der Waals surface area (Å²) in [5, 5.41) is 4.37. The molecular weight excluding hydrogens is 536 g/mol. The number of primary amides is 1. The minimum atomic E-state index is -0.646. The lowest BCUT2D eigenvalue weighted by molar-refractivity contribution is 0.100. The van der Waals surface area contributed by atoms with E-state index >= 15 is 0 Å². The van der Waals surface area contributed by atoms with Crippen LogP contribution >= 0.6 is 11.3 Å². The number of aryl methyl sites for hydroxylation is 3. The van der Waals surface area contributed by atoms with Gasteiger partial charge in [0.15, 0.2) is 11.6 Å². The number of allylic oxidation sites excluding steroid dienone is 1. The zero-order valence-electron chi connectivity index (χ0n) is 22.8. The Labute approximate surface area is 240 Å². The van der Waals surface area contributed by atoms with Crippen molar-refractivity contribution < 1.29 is 4.79 Å². The number of benzene rings is 2. The highest BCUT2D eigenvalue weighted by Gasteiger charge is 2.17. The first kappa shape index (κ1) is 28.7. The summed E-state index contributed by atoms with van der Waals surface area (Å²) in [6, 6.07) is 15.2. The summed E-state index contributed by atoms with van der Waals surface area (Å²) in [5.74, 6) is 6.72. The number of para-hydroxylation sites is 1. The summed E-state index contributed by atoms with van der Waals surface area (Å²) in [6.07, 6.45) is 3.57. The summed E-state index contributed by atoms with van der Waals surface area (Å²) in [4.78, 5) is 38.4. The van der Waals surface area contributed by atoms with E-state index in [1.54, 1.807) is 28.5 Å². The molecule has 0 aliphatic heterocycles. The molecule has 1 amide bonds. The van der Waals surface area contributed by atoms with Gasteiger partial charge in [0.25, 0.3) is 11.5 Å². The van der Waals surface area contributed by atoms with Crippen LogP contribution in [0.5, 0.6) is 0 Å². The number of amides is 1. The topological polar surface area (TPSA) is 147 Å². The Bertz CT molecular complexity index is 1890. The normalized spacial score (nSPS) is 10.6. The van der Waals surface area contributed by atoms with Crippen molar-refractivity contribution in [3.8, 4) is 17.5 Å². The molecule has 206 valence electrons. The number of carbonyl (C=O) groups excluding carboxylic acids is 1. The van der Waals surface area contributed by atoms with Gasteiger partial charge in [0.05, 0.1) is 22.1 Å². The molecule has 5 aromatic rings. The molecule has 3 heterocycles. The van der Waals surface area contributed by atoms with Crippen molar-refractivity contribution in [2.45, 2.75) is 20.3 Å². The summed E-state index contributed by atoms with van der Waals surface area (Å²) in [6.45, 7) is 7.45. The Balaban J connectivity index is 0.000000234. The molecule has 0 saturated carbocycles. The first-order valence-corrected chi connectivity index (χ1v) is 13.4. The van der Waals surface area contributed by atoms with E-state index in [1.807, 2.05) is 62.4 Å². The molecule has 0 radical (unpaired) electrons. The second-order valence-corrected chi connectivity index (χ2v) is 9.71. The number of carbonyl (C=O) groups is 1. The van der Waals surface area contributed by atoms with Gasteiger partial charge >= 0.3 is 0 Å². The fraction of sp³-hybridized carbons (Fsp3) is 0.133. The average molecular weight is 565 g/mol. The number of nitrogens with zero attached hydrogens (tertiary/aromatic N) is 6. The van der Waals surface area contributed by atoms with Crippen molar-refractivity contribution >= 4 is 46.0 Å². The van der Waals surface area contributed by atoms with E-state index in [0.717, 1.165) is 22.1 Å². The fourth-order valence-corrected chi connectivity index (χ4v) is 4.59. The van der Waals surface area contributed by atoms with Crippen LogP contribution in [0.3, 0.4) is 0 Å². The van der Waals surface area contributed by atoms with Crippen LogP contribution in [0.25, 0.3) is 16.6 Å². The number of fused-ring (bicyclic) bond motifs is 1. The molecule has 0 spiro atoms. The van der Waals surface area contributed by atoms with Gasteiger partial charge in [-0.3, -0.25) is 14.2 Å². The van der Waals surface area contributed by atoms with Crippen molar-refractivity contribution in [1.82, 2.24) is 24.3 Å². The number of hydrogen-bond donors (Lipinski definition) is 2. The Hall–Kier alpha value is -5.34. The number of thiazole rings is 1. The van der Waals surface area contributed by atoms with Gasteiger partial charge in [-0.15, -0.1) is 11.3 Å². The van der Waals surface area contributed by atoms with Crippen LogP contribution in [0.4, 0.5) is 11.6 Å². The van der Waals surface area contributed by atoms with E-state index in [9.17, 15) is 9.59 Å². The van der Waals surface area contributed by atoms with E-state index in [-0.39, 0.29) is 16.9 Å². The predicted molar refractivity (Wildman–Crippen MR) is 164 cm³/mol. The number of aliphatic imine (C=N–C) groups is 1. The monoisotopic (exact) mass is 564 g/mol. The van der Waals surface area contributed by atoms with Crippen LogP contribution in [0, 0.1) is 18.8 Å². The van der Waals surface area contributed by atoms with Crippen LogP contribution in [-0.2, 0) is 13.5 Å². The number of rotatable bonds is 5. The molecule has 0 bridgehead atoms. The zero-order valence-corrected chi connectivity index (χ0v) is 23.6. The number of anilines is 1. The van der Waals surface area contributed by atoms with E-state index in [0.29, 0.717) is 28.7 Å². The molecule has 0 unspecified atom stereocenters. The third-order valence-electron chi connectivity index (χ3n) is 5.95. The molecule has 0 aliphatic carbocycles. The van der Waals surface area contributed by atoms with E-state index in [1.165, 1.54) is 17.0 Å². The molecule has 41 heavy (non-hydrogen) atoms. The molecule has 3 aromatic heterocycles. The highest BCUT2D eigenvalue weighted by atomic mass is 32.1. The first-order valence-electron chi connectivity index (χ1n) is 12.6. The summed E-state index contributed by atoms with van der Waals surface area (Å²) >= 11 is 1.56. The Morgan fingerprint density at radius 2 is 1.93 bits per heavy atom. The number of aromatic nitrogens is 5. The standard InChI is InChI=1S/C22H17N3OS.C8H11N5O/c1-3-20-24-19-11-7-8-16(12-13-18-15(2)27-14-23-18)21(19)22(26)25(20)17-9-5-4-6-10-17;1-3-4-11-8-5(7(10)14)6(9)12-13(8)2/h4-11,14H,3H2,1-2H3;3-4H,1H2,2H3,(H2,9,12)(H2,10,14)/b;11-4-. The molecular formula is C30H28N8O2S. The minimum absolute atomic E-state index is 0.0798. The number of nitrogens with two attached hydrogens (primary N) is 2. The third kappa shape index (κ3) is 6.13.